The summed E-state index contributed by atoms with van der Waals surface area (Å²) in [6.45, 7) is 0.335. The summed E-state index contributed by atoms with van der Waals surface area (Å²) < 4.78 is 7.42. The number of carbonyl (C=O) groups is 1. The van der Waals surface area contributed by atoms with Crippen LogP contribution in [0.5, 0.6) is 0 Å². The standard InChI is InChI=1S/C19H13BrN2O2S/c20-14-9-7-13(8-10-14)18(23)22(12-15-4-3-11-24-15)19-21-16-5-1-2-6-17(16)25-19/h1-11H,12H2. The van der Waals surface area contributed by atoms with Gasteiger partial charge in [-0.15, -0.1) is 0 Å². The first-order valence-corrected chi connectivity index (χ1v) is 9.27. The maximum Gasteiger partial charge on any atom is 0.260 e. The highest BCUT2D eigenvalue weighted by atomic mass is 79.9. The predicted octanol–water partition coefficient (Wildman–Crippen LogP) is 5.50. The van der Waals surface area contributed by atoms with Gasteiger partial charge in [0.2, 0.25) is 0 Å². The van der Waals surface area contributed by atoms with Crippen molar-refractivity contribution in [3.63, 3.8) is 0 Å². The molecule has 0 radical (unpaired) electrons. The van der Waals surface area contributed by atoms with Crippen molar-refractivity contribution < 1.29 is 9.21 Å². The molecule has 0 aliphatic heterocycles. The zero-order valence-corrected chi connectivity index (χ0v) is 15.5. The van der Waals surface area contributed by atoms with E-state index in [4.69, 9.17) is 4.42 Å². The van der Waals surface area contributed by atoms with Crippen LogP contribution in [-0.2, 0) is 6.54 Å². The van der Waals surface area contributed by atoms with Crippen molar-refractivity contribution in [2.75, 3.05) is 4.90 Å². The quantitative estimate of drug-likeness (QED) is 0.444. The monoisotopic (exact) mass is 412 g/mol. The zero-order chi connectivity index (χ0) is 17.2. The highest BCUT2D eigenvalue weighted by molar-refractivity contribution is 9.10. The first kappa shape index (κ1) is 16.1. The first-order chi connectivity index (χ1) is 12.2. The third-order valence-electron chi connectivity index (χ3n) is 3.74. The van der Waals surface area contributed by atoms with E-state index in [1.54, 1.807) is 23.3 Å². The summed E-state index contributed by atoms with van der Waals surface area (Å²) in [5, 5.41) is 0.658. The van der Waals surface area contributed by atoms with Gasteiger partial charge in [-0.3, -0.25) is 9.69 Å². The average molecular weight is 413 g/mol. The lowest BCUT2D eigenvalue weighted by Crippen LogP contribution is -2.30. The molecule has 0 saturated carbocycles. The molecule has 0 spiro atoms. The Morgan fingerprint density at radius 2 is 1.88 bits per heavy atom. The minimum absolute atomic E-state index is 0.108. The van der Waals surface area contributed by atoms with Gasteiger partial charge >= 0.3 is 0 Å². The normalized spacial score (nSPS) is 10.9. The molecule has 25 heavy (non-hydrogen) atoms. The lowest BCUT2D eigenvalue weighted by Gasteiger charge is -2.18. The van der Waals surface area contributed by atoms with Gasteiger partial charge in [-0.1, -0.05) is 39.4 Å². The number of fused-ring (bicyclic) bond motifs is 1. The van der Waals surface area contributed by atoms with Crippen LogP contribution in [0.15, 0.2) is 75.8 Å². The molecular weight excluding hydrogens is 400 g/mol. The number of amides is 1. The van der Waals surface area contributed by atoms with Crippen molar-refractivity contribution in [3.8, 4) is 0 Å². The molecule has 2 aromatic carbocycles. The molecule has 0 fully saturated rings. The number of thiazole rings is 1. The van der Waals surface area contributed by atoms with E-state index < -0.39 is 0 Å². The number of benzene rings is 2. The van der Waals surface area contributed by atoms with Gasteiger partial charge in [0.05, 0.1) is 23.0 Å². The number of para-hydroxylation sites is 1. The van der Waals surface area contributed by atoms with Crippen molar-refractivity contribution in [2.45, 2.75) is 6.54 Å². The van der Waals surface area contributed by atoms with E-state index in [1.165, 1.54) is 11.3 Å². The van der Waals surface area contributed by atoms with Gasteiger partial charge in [0.25, 0.3) is 5.91 Å². The molecule has 0 aliphatic carbocycles. The molecule has 4 aromatic rings. The van der Waals surface area contributed by atoms with E-state index in [2.05, 4.69) is 20.9 Å². The van der Waals surface area contributed by atoms with Crippen LogP contribution in [0.2, 0.25) is 0 Å². The molecule has 2 heterocycles. The van der Waals surface area contributed by atoms with Crippen LogP contribution >= 0.6 is 27.3 Å². The molecule has 124 valence electrons. The summed E-state index contributed by atoms with van der Waals surface area (Å²) in [6.07, 6.45) is 1.61. The van der Waals surface area contributed by atoms with Gasteiger partial charge < -0.3 is 4.42 Å². The number of carbonyl (C=O) groups excluding carboxylic acids is 1. The Kier molecular flexibility index (Phi) is 4.38. The maximum absolute atomic E-state index is 13.1. The predicted molar refractivity (Wildman–Crippen MR) is 103 cm³/mol. The molecule has 0 bridgehead atoms. The first-order valence-electron chi connectivity index (χ1n) is 7.66. The fourth-order valence-corrected chi connectivity index (χ4v) is 3.74. The summed E-state index contributed by atoms with van der Waals surface area (Å²) in [4.78, 5) is 19.4. The Hall–Kier alpha value is -2.44. The molecule has 2 aromatic heterocycles. The van der Waals surface area contributed by atoms with Crippen LogP contribution < -0.4 is 4.90 Å². The molecule has 4 rings (SSSR count). The van der Waals surface area contributed by atoms with Crippen molar-refractivity contribution in [1.82, 2.24) is 4.98 Å². The largest absolute Gasteiger partial charge is 0.467 e. The summed E-state index contributed by atoms with van der Waals surface area (Å²) in [5.41, 5.74) is 1.49. The minimum atomic E-state index is -0.108. The van der Waals surface area contributed by atoms with E-state index in [9.17, 15) is 4.79 Å². The Balaban J connectivity index is 1.75. The second-order valence-corrected chi connectivity index (χ2v) is 7.37. The molecule has 0 N–H and O–H groups in total. The lowest BCUT2D eigenvalue weighted by molar-refractivity contribution is 0.0983. The number of aromatic nitrogens is 1. The van der Waals surface area contributed by atoms with Crippen molar-refractivity contribution in [3.05, 3.63) is 82.7 Å². The van der Waals surface area contributed by atoms with E-state index in [1.807, 2.05) is 48.5 Å². The number of hydrogen-bond donors (Lipinski definition) is 0. The topological polar surface area (TPSA) is 46.3 Å². The third kappa shape index (κ3) is 3.36. The third-order valence-corrected chi connectivity index (χ3v) is 5.33. The van der Waals surface area contributed by atoms with Gasteiger partial charge in [0, 0.05) is 10.0 Å². The summed E-state index contributed by atoms with van der Waals surface area (Å²) in [5.74, 6) is 0.604. The number of furan rings is 1. The second kappa shape index (κ2) is 6.82. The number of anilines is 1. The van der Waals surface area contributed by atoms with E-state index >= 15 is 0 Å². The van der Waals surface area contributed by atoms with Crippen molar-refractivity contribution in [2.24, 2.45) is 0 Å². The number of hydrogen-bond acceptors (Lipinski definition) is 4. The molecule has 0 saturated heterocycles. The van der Waals surface area contributed by atoms with Crippen molar-refractivity contribution >= 4 is 48.5 Å². The number of rotatable bonds is 4. The average Bonchev–Trinajstić information content (AvgIpc) is 3.29. The van der Waals surface area contributed by atoms with Crippen LogP contribution in [0, 0.1) is 0 Å². The zero-order valence-electron chi connectivity index (χ0n) is 13.1. The van der Waals surface area contributed by atoms with Gasteiger partial charge in [0.1, 0.15) is 5.76 Å². The van der Waals surface area contributed by atoms with Crippen LogP contribution in [0.3, 0.4) is 0 Å². The molecule has 0 aliphatic rings. The van der Waals surface area contributed by atoms with Gasteiger partial charge in [-0.2, -0.15) is 0 Å². The molecule has 0 atom stereocenters. The lowest BCUT2D eigenvalue weighted by atomic mass is 10.2. The Labute approximate surface area is 156 Å². The number of nitrogens with zero attached hydrogens (tertiary/aromatic N) is 2. The van der Waals surface area contributed by atoms with Crippen molar-refractivity contribution in [1.29, 1.82) is 0 Å². The van der Waals surface area contributed by atoms with E-state index in [0.717, 1.165) is 14.7 Å². The Morgan fingerprint density at radius 3 is 2.60 bits per heavy atom. The van der Waals surface area contributed by atoms with Crippen LogP contribution in [0.25, 0.3) is 10.2 Å². The Bertz CT molecular complexity index is 977. The minimum Gasteiger partial charge on any atom is -0.467 e. The highest BCUT2D eigenvalue weighted by Gasteiger charge is 2.22. The molecule has 6 heteroatoms. The van der Waals surface area contributed by atoms with Crippen LogP contribution in [0.1, 0.15) is 16.1 Å². The molecule has 4 nitrogen and oxygen atoms in total. The van der Waals surface area contributed by atoms with Crippen LogP contribution in [0.4, 0.5) is 5.13 Å². The molecular formula is C19H13BrN2O2S. The maximum atomic E-state index is 13.1. The SMILES string of the molecule is O=C(c1ccc(Br)cc1)N(Cc1ccco1)c1nc2ccccc2s1. The summed E-state index contributed by atoms with van der Waals surface area (Å²) >= 11 is 4.89. The smallest absolute Gasteiger partial charge is 0.260 e. The Morgan fingerprint density at radius 1 is 1.08 bits per heavy atom. The van der Waals surface area contributed by atoms with E-state index in [-0.39, 0.29) is 5.91 Å². The summed E-state index contributed by atoms with van der Waals surface area (Å²) in [7, 11) is 0. The second-order valence-electron chi connectivity index (χ2n) is 5.44. The summed E-state index contributed by atoms with van der Waals surface area (Å²) in [6, 6.07) is 18.9. The van der Waals surface area contributed by atoms with Crippen LogP contribution in [-0.4, -0.2) is 10.9 Å². The molecule has 1 amide bonds. The molecule has 0 unspecified atom stereocenters. The van der Waals surface area contributed by atoms with Gasteiger partial charge in [-0.05, 0) is 48.5 Å². The fraction of sp³-hybridized carbons (Fsp3) is 0.0526. The van der Waals surface area contributed by atoms with Gasteiger partial charge in [-0.25, -0.2) is 4.98 Å². The van der Waals surface area contributed by atoms with E-state index in [0.29, 0.717) is 23.0 Å². The fourth-order valence-electron chi connectivity index (χ4n) is 2.51. The van der Waals surface area contributed by atoms with Gasteiger partial charge in [0.15, 0.2) is 5.13 Å². The highest BCUT2D eigenvalue weighted by Crippen LogP contribution is 2.30. The number of halogens is 1.